The first kappa shape index (κ1) is 16.3. The summed E-state index contributed by atoms with van der Waals surface area (Å²) >= 11 is 6.72. The molecule has 0 saturated carbocycles. The number of hydrogen-bond donors (Lipinski definition) is 0. The first-order chi connectivity index (χ1) is 12.2. The summed E-state index contributed by atoms with van der Waals surface area (Å²) in [5, 5.41) is 0.675. The van der Waals surface area contributed by atoms with Gasteiger partial charge in [-0.1, -0.05) is 30.3 Å². The lowest BCUT2D eigenvalue weighted by atomic mass is 9.74. The standard InChI is InChI=1S/C19H20ClNO4/c1-2-9-23-18(22)21-8-6-13-10-15-16(25-12-24-15)11-14(13)19(21)7-4-3-5-17(19)20/h2,5,10-11H,1,3-4,6-9,12H2. The molecular weight excluding hydrogens is 342 g/mol. The zero-order valence-corrected chi connectivity index (χ0v) is 14.7. The molecule has 0 N–H and O–H groups in total. The predicted molar refractivity (Wildman–Crippen MR) is 94.0 cm³/mol. The molecule has 25 heavy (non-hydrogen) atoms. The van der Waals surface area contributed by atoms with Crippen LogP contribution in [-0.2, 0) is 16.7 Å². The highest BCUT2D eigenvalue weighted by atomic mass is 35.5. The Morgan fingerprint density at radius 2 is 2.20 bits per heavy atom. The number of fused-ring (bicyclic) bond motifs is 3. The number of allylic oxidation sites excluding steroid dienone is 1. The summed E-state index contributed by atoms with van der Waals surface area (Å²) < 4.78 is 16.4. The lowest BCUT2D eigenvalue weighted by Gasteiger charge is -2.49. The number of hydrogen-bond acceptors (Lipinski definition) is 4. The Kier molecular flexibility index (Phi) is 4.12. The van der Waals surface area contributed by atoms with Crippen molar-refractivity contribution in [2.45, 2.75) is 31.2 Å². The molecule has 0 aromatic heterocycles. The van der Waals surface area contributed by atoms with Gasteiger partial charge >= 0.3 is 6.09 Å². The zero-order chi connectivity index (χ0) is 17.4. The fourth-order valence-corrected chi connectivity index (χ4v) is 4.41. The summed E-state index contributed by atoms with van der Waals surface area (Å²) in [4.78, 5) is 14.5. The number of halogens is 1. The van der Waals surface area contributed by atoms with E-state index in [2.05, 4.69) is 6.58 Å². The monoisotopic (exact) mass is 361 g/mol. The quantitative estimate of drug-likeness (QED) is 0.744. The molecule has 1 aromatic rings. The van der Waals surface area contributed by atoms with Crippen LogP contribution in [0.3, 0.4) is 0 Å². The number of rotatable bonds is 2. The third-order valence-corrected chi connectivity index (χ3v) is 5.58. The molecule has 1 aromatic carbocycles. The van der Waals surface area contributed by atoms with Gasteiger partial charge in [0.2, 0.25) is 6.79 Å². The van der Waals surface area contributed by atoms with Gasteiger partial charge in [0.05, 0.1) is 0 Å². The van der Waals surface area contributed by atoms with Crippen LogP contribution in [0.15, 0.2) is 35.9 Å². The van der Waals surface area contributed by atoms with Crippen LogP contribution in [-0.4, -0.2) is 30.9 Å². The Labute approximate surface area is 151 Å². The maximum atomic E-state index is 12.7. The normalized spacial score (nSPS) is 23.9. The molecule has 5 nitrogen and oxygen atoms in total. The molecule has 0 radical (unpaired) electrons. The van der Waals surface area contributed by atoms with Crippen LogP contribution >= 0.6 is 11.6 Å². The van der Waals surface area contributed by atoms with Crippen LogP contribution < -0.4 is 9.47 Å². The fraction of sp³-hybridized carbons (Fsp3) is 0.421. The fourth-order valence-electron chi connectivity index (χ4n) is 4.00. The summed E-state index contributed by atoms with van der Waals surface area (Å²) in [6.45, 7) is 4.56. The Morgan fingerprint density at radius 3 is 2.96 bits per heavy atom. The SMILES string of the molecule is C=CCOC(=O)N1CCc2cc3c(cc2C12CCCC=C2Cl)OCO3. The van der Waals surface area contributed by atoms with Gasteiger partial charge in [-0.3, -0.25) is 4.90 Å². The van der Waals surface area contributed by atoms with Crippen LogP contribution in [0.1, 0.15) is 30.4 Å². The molecule has 1 amide bonds. The number of amides is 1. The van der Waals surface area contributed by atoms with Crippen molar-refractivity contribution >= 4 is 17.7 Å². The molecule has 1 atom stereocenters. The van der Waals surface area contributed by atoms with E-state index in [1.54, 1.807) is 11.0 Å². The van der Waals surface area contributed by atoms with Crippen LogP contribution in [0.5, 0.6) is 11.5 Å². The highest BCUT2D eigenvalue weighted by Crippen LogP contribution is 2.51. The van der Waals surface area contributed by atoms with Crippen molar-refractivity contribution in [1.29, 1.82) is 0 Å². The van der Waals surface area contributed by atoms with Crippen molar-refractivity contribution < 1.29 is 19.0 Å². The third-order valence-electron chi connectivity index (χ3n) is 5.12. The number of nitrogens with zero attached hydrogens (tertiary/aromatic N) is 1. The zero-order valence-electron chi connectivity index (χ0n) is 13.9. The topological polar surface area (TPSA) is 48.0 Å². The number of carbonyl (C=O) groups excluding carboxylic acids is 1. The van der Waals surface area contributed by atoms with Gasteiger partial charge < -0.3 is 14.2 Å². The Hall–Kier alpha value is -2.14. The van der Waals surface area contributed by atoms with E-state index >= 15 is 0 Å². The van der Waals surface area contributed by atoms with Crippen molar-refractivity contribution in [2.24, 2.45) is 0 Å². The van der Waals surface area contributed by atoms with E-state index in [1.165, 1.54) is 0 Å². The number of carbonyl (C=O) groups is 1. The van der Waals surface area contributed by atoms with E-state index in [0.717, 1.165) is 42.6 Å². The van der Waals surface area contributed by atoms with Gasteiger partial charge in [-0.05, 0) is 48.9 Å². The molecule has 3 aliphatic rings. The molecule has 1 spiro atoms. The van der Waals surface area contributed by atoms with Crippen LogP contribution in [0.25, 0.3) is 0 Å². The lowest BCUT2D eigenvalue weighted by Crippen LogP contribution is -2.54. The minimum atomic E-state index is -0.688. The molecule has 0 fully saturated rings. The molecule has 1 unspecified atom stereocenters. The lowest BCUT2D eigenvalue weighted by molar-refractivity contribution is 0.0583. The molecule has 6 heteroatoms. The first-order valence-corrected chi connectivity index (χ1v) is 8.89. The highest BCUT2D eigenvalue weighted by molar-refractivity contribution is 6.31. The highest BCUT2D eigenvalue weighted by Gasteiger charge is 2.49. The van der Waals surface area contributed by atoms with Crippen LogP contribution in [0, 0.1) is 0 Å². The molecule has 0 bridgehead atoms. The smallest absolute Gasteiger partial charge is 0.411 e. The van der Waals surface area contributed by atoms with Gasteiger partial charge in [-0.2, -0.15) is 0 Å². The van der Waals surface area contributed by atoms with E-state index < -0.39 is 5.54 Å². The minimum absolute atomic E-state index is 0.181. The molecule has 0 saturated heterocycles. The minimum Gasteiger partial charge on any atom is -0.454 e. The van der Waals surface area contributed by atoms with Gasteiger partial charge in [0.25, 0.3) is 0 Å². The van der Waals surface area contributed by atoms with E-state index in [4.69, 9.17) is 25.8 Å². The summed E-state index contributed by atoms with van der Waals surface area (Å²) in [6.07, 6.45) is 6.57. The van der Waals surface area contributed by atoms with Crippen molar-refractivity contribution in [2.75, 3.05) is 19.9 Å². The predicted octanol–water partition coefficient (Wildman–Crippen LogP) is 4.10. The van der Waals surface area contributed by atoms with Crippen molar-refractivity contribution in [3.05, 3.63) is 47.0 Å². The van der Waals surface area contributed by atoms with Crippen LogP contribution in [0.4, 0.5) is 4.79 Å². The van der Waals surface area contributed by atoms with Crippen LogP contribution in [0.2, 0.25) is 0 Å². The van der Waals surface area contributed by atoms with E-state index in [1.807, 2.05) is 18.2 Å². The summed E-state index contributed by atoms with van der Waals surface area (Å²) in [6, 6.07) is 4.00. The van der Waals surface area contributed by atoms with Gasteiger partial charge in [0.1, 0.15) is 12.1 Å². The van der Waals surface area contributed by atoms with Gasteiger partial charge in [0.15, 0.2) is 11.5 Å². The van der Waals surface area contributed by atoms with Crippen molar-refractivity contribution in [3.63, 3.8) is 0 Å². The largest absolute Gasteiger partial charge is 0.454 e. The summed E-state index contributed by atoms with van der Waals surface area (Å²) in [5.41, 5.74) is 1.47. The second-order valence-electron chi connectivity index (χ2n) is 6.43. The molecule has 2 heterocycles. The third kappa shape index (κ3) is 2.49. The van der Waals surface area contributed by atoms with E-state index in [-0.39, 0.29) is 19.5 Å². The second-order valence-corrected chi connectivity index (χ2v) is 6.84. The molecule has 2 aliphatic heterocycles. The second kappa shape index (κ2) is 6.30. The first-order valence-electron chi connectivity index (χ1n) is 8.51. The summed E-state index contributed by atoms with van der Waals surface area (Å²) in [5.74, 6) is 1.46. The van der Waals surface area contributed by atoms with E-state index in [9.17, 15) is 4.79 Å². The van der Waals surface area contributed by atoms with Gasteiger partial charge in [0, 0.05) is 11.6 Å². The molecule has 1 aliphatic carbocycles. The van der Waals surface area contributed by atoms with E-state index in [0.29, 0.717) is 17.3 Å². The Bertz CT molecular complexity index is 760. The Balaban J connectivity index is 1.84. The number of ether oxygens (including phenoxy) is 3. The number of benzene rings is 1. The van der Waals surface area contributed by atoms with Crippen molar-refractivity contribution in [3.8, 4) is 11.5 Å². The molecule has 4 rings (SSSR count). The molecular formula is C19H20ClNO4. The molecule has 132 valence electrons. The summed E-state index contributed by atoms with van der Waals surface area (Å²) in [7, 11) is 0. The maximum absolute atomic E-state index is 12.7. The Morgan fingerprint density at radius 1 is 1.40 bits per heavy atom. The van der Waals surface area contributed by atoms with Crippen molar-refractivity contribution in [1.82, 2.24) is 4.90 Å². The maximum Gasteiger partial charge on any atom is 0.411 e. The van der Waals surface area contributed by atoms with Gasteiger partial charge in [-0.15, -0.1) is 0 Å². The average molecular weight is 362 g/mol. The average Bonchev–Trinajstić information content (AvgIpc) is 3.08. The van der Waals surface area contributed by atoms with Gasteiger partial charge in [-0.25, -0.2) is 4.79 Å².